The van der Waals surface area contributed by atoms with Gasteiger partial charge < -0.3 is 78.7 Å². The Morgan fingerprint density at radius 3 is 0.621 bits per heavy atom. The molecule has 0 bridgehead atoms. The molecule has 0 aliphatic heterocycles. The van der Waals surface area contributed by atoms with Crippen molar-refractivity contribution in [2.24, 2.45) is 0 Å². The molecule has 664 valence electrons. The molecule has 16 rings (SSSR count). The summed E-state index contributed by atoms with van der Waals surface area (Å²) in [5.41, 5.74) is 9.68. The highest BCUT2D eigenvalue weighted by Crippen LogP contribution is 2.36. The minimum Gasteiger partial charge on any atom is -0.508 e. The predicted octanol–water partition coefficient (Wildman–Crippen LogP) is 24.6. The van der Waals surface area contributed by atoms with Crippen molar-refractivity contribution in [3.63, 3.8) is 0 Å². The Morgan fingerprint density at radius 1 is 0.189 bits per heavy atom. The third-order valence-electron chi connectivity index (χ3n) is 21.7. The molecular formula is C112H96O20. The lowest BCUT2D eigenvalue weighted by Gasteiger charge is -2.13. The molecule has 0 saturated heterocycles. The maximum absolute atomic E-state index is 12.8. The summed E-state index contributed by atoms with van der Waals surface area (Å²) in [4.78, 5) is 51.0. The van der Waals surface area contributed by atoms with E-state index >= 15 is 0 Å². The first-order valence-corrected chi connectivity index (χ1v) is 42.1. The van der Waals surface area contributed by atoms with Crippen molar-refractivity contribution in [1.29, 1.82) is 0 Å². The minimum atomic E-state index is -0.491. The number of carbonyl (C=O) groups excluding carboxylic acids is 4. The van der Waals surface area contributed by atoms with Crippen LogP contribution in [0.4, 0.5) is 0 Å². The molecule has 20 heteroatoms. The Labute approximate surface area is 763 Å². The average Bonchev–Trinajstić information content (AvgIpc) is 0.821. The normalized spacial score (nSPS) is 12.1. The van der Waals surface area contributed by atoms with Crippen LogP contribution in [0, 0.1) is 0 Å². The van der Waals surface area contributed by atoms with Gasteiger partial charge in [0.1, 0.15) is 92.0 Å². The van der Waals surface area contributed by atoms with Gasteiger partial charge in [-0.1, -0.05) is 194 Å². The standard InChI is InChI=1S/4C28H24O5/c2*1-18(21-7-8-23-16-27(32-2)12-9-22(23)15-21)28(31)33-26-10-5-19(6-11-26)3-4-20-13-24(29)17-25(30)14-20;2*1-18(21-7-8-23-16-26(32-2)12-9-22(23)15-21)28(31)33-27-14-20(13-25(30)17-27)4-3-19-5-10-24(29)11-6-19/h4*3-18,29-30H,1-2H3/b4*4-3+. The molecule has 0 heterocycles. The van der Waals surface area contributed by atoms with E-state index in [9.17, 15) is 60.0 Å². The van der Waals surface area contributed by atoms with Crippen molar-refractivity contribution in [3.05, 3.63) is 382 Å². The van der Waals surface area contributed by atoms with Gasteiger partial charge in [-0.05, 0) is 283 Å². The number of benzene rings is 16. The summed E-state index contributed by atoms with van der Waals surface area (Å²) in [6.45, 7) is 7.24. The zero-order valence-electron chi connectivity index (χ0n) is 73.4. The van der Waals surface area contributed by atoms with E-state index in [4.69, 9.17) is 37.9 Å². The molecule has 0 aliphatic carbocycles. The van der Waals surface area contributed by atoms with E-state index in [1.807, 2.05) is 208 Å². The van der Waals surface area contributed by atoms with Crippen molar-refractivity contribution < 1.29 is 97.9 Å². The van der Waals surface area contributed by atoms with Crippen molar-refractivity contribution in [2.75, 3.05) is 28.4 Å². The van der Waals surface area contributed by atoms with E-state index in [0.29, 0.717) is 33.8 Å². The van der Waals surface area contributed by atoms with Crippen LogP contribution in [0.5, 0.6) is 92.0 Å². The zero-order valence-corrected chi connectivity index (χ0v) is 73.4. The maximum atomic E-state index is 12.8. The Kier molecular flexibility index (Phi) is 30.5. The van der Waals surface area contributed by atoms with E-state index in [1.165, 1.54) is 24.3 Å². The number of methoxy groups -OCH3 is 4. The number of aromatic hydroxyl groups is 8. The van der Waals surface area contributed by atoms with Crippen LogP contribution in [0.1, 0.15) is 118 Å². The molecule has 4 atom stereocenters. The molecule has 0 radical (unpaired) electrons. The van der Waals surface area contributed by atoms with Crippen LogP contribution >= 0.6 is 0 Å². The molecule has 4 unspecified atom stereocenters. The highest BCUT2D eigenvalue weighted by Gasteiger charge is 2.24. The third-order valence-corrected chi connectivity index (χ3v) is 21.7. The molecule has 8 N–H and O–H groups in total. The van der Waals surface area contributed by atoms with Crippen LogP contribution in [0.15, 0.2) is 315 Å². The second-order valence-electron chi connectivity index (χ2n) is 31.2. The summed E-state index contributed by atoms with van der Waals surface area (Å²) in [6.07, 6.45) is 14.5. The van der Waals surface area contributed by atoms with Gasteiger partial charge in [0.2, 0.25) is 0 Å². The van der Waals surface area contributed by atoms with Crippen molar-refractivity contribution in [2.45, 2.75) is 51.4 Å². The first-order chi connectivity index (χ1) is 63.6. The van der Waals surface area contributed by atoms with Gasteiger partial charge in [0.05, 0.1) is 52.1 Å². The highest BCUT2D eigenvalue weighted by atomic mass is 16.6. The Hall–Kier alpha value is -17.0. The monoisotopic (exact) mass is 1760 g/mol. The molecule has 132 heavy (non-hydrogen) atoms. The minimum absolute atomic E-state index is 0.00189. The van der Waals surface area contributed by atoms with E-state index in [0.717, 1.165) is 111 Å². The van der Waals surface area contributed by atoms with Gasteiger partial charge in [-0.3, -0.25) is 19.2 Å². The SMILES string of the molecule is COc1ccc2cc(C(C)C(=O)Oc3cc(O)cc(/C=C/c4ccc(O)cc4)c3)ccc2c1.COc1ccc2cc(C(C)C(=O)Oc3cc(O)cc(/C=C/c4ccc(O)cc4)c3)ccc2c1.COc1ccc2cc(C(C)C(=O)Oc3ccc(/C=C/c4cc(O)cc(O)c4)cc3)ccc2c1.COc1ccc2cc(C(C)C(=O)Oc3ccc(/C=C/c4cc(O)cc(O)c4)cc3)ccc2c1. The predicted molar refractivity (Wildman–Crippen MR) is 519 cm³/mol. The zero-order chi connectivity index (χ0) is 93.5. The van der Waals surface area contributed by atoms with Gasteiger partial charge in [-0.2, -0.15) is 0 Å². The van der Waals surface area contributed by atoms with E-state index < -0.39 is 35.6 Å². The molecule has 0 amide bonds. The van der Waals surface area contributed by atoms with Crippen LogP contribution in [0.2, 0.25) is 0 Å². The van der Waals surface area contributed by atoms with Crippen LogP contribution < -0.4 is 37.9 Å². The van der Waals surface area contributed by atoms with Crippen LogP contribution in [0.3, 0.4) is 0 Å². The number of rotatable bonds is 24. The summed E-state index contributed by atoms with van der Waals surface area (Å²) in [6, 6.07) is 92.5. The number of esters is 4. The molecule has 16 aromatic carbocycles. The largest absolute Gasteiger partial charge is 0.508 e. The number of fused-ring (bicyclic) bond motifs is 4. The van der Waals surface area contributed by atoms with E-state index in [-0.39, 0.29) is 69.4 Å². The van der Waals surface area contributed by atoms with E-state index in [1.54, 1.807) is 188 Å². The molecule has 16 aromatic rings. The molecular weight excluding hydrogens is 1670 g/mol. The second-order valence-corrected chi connectivity index (χ2v) is 31.2. The van der Waals surface area contributed by atoms with Gasteiger partial charge in [-0.25, -0.2) is 0 Å². The average molecular weight is 1760 g/mol. The topological polar surface area (TPSA) is 304 Å². The summed E-state index contributed by atoms with van der Waals surface area (Å²) in [5.74, 6) is 1.66. The number of carbonyl (C=O) groups is 4. The van der Waals surface area contributed by atoms with Gasteiger partial charge in [0, 0.05) is 24.3 Å². The smallest absolute Gasteiger partial charge is 0.318 e. The summed E-state index contributed by atoms with van der Waals surface area (Å²) < 4.78 is 43.4. The number of hydrogen-bond donors (Lipinski definition) is 8. The number of phenols is 8. The molecule has 0 spiro atoms. The van der Waals surface area contributed by atoms with Crippen molar-refractivity contribution in [3.8, 4) is 92.0 Å². The molecule has 0 fully saturated rings. The van der Waals surface area contributed by atoms with Crippen molar-refractivity contribution in [1.82, 2.24) is 0 Å². The number of phenolic OH excluding ortho intramolecular Hbond substituents is 8. The molecule has 0 saturated carbocycles. The number of hydrogen-bond acceptors (Lipinski definition) is 20. The van der Waals surface area contributed by atoms with E-state index in [2.05, 4.69) is 0 Å². The molecule has 0 aromatic heterocycles. The summed E-state index contributed by atoms with van der Waals surface area (Å²) in [7, 11) is 6.53. The Bertz CT molecular complexity index is 6500. The van der Waals surface area contributed by atoms with Crippen LogP contribution in [0.25, 0.3) is 91.7 Å². The van der Waals surface area contributed by atoms with Gasteiger partial charge in [0.25, 0.3) is 0 Å². The summed E-state index contributed by atoms with van der Waals surface area (Å²) in [5, 5.41) is 85.4. The van der Waals surface area contributed by atoms with Crippen LogP contribution in [-0.4, -0.2) is 93.2 Å². The first kappa shape index (κ1) is 92.7. The lowest BCUT2D eigenvalue weighted by atomic mass is 9.98. The number of ether oxygens (including phenoxy) is 8. The van der Waals surface area contributed by atoms with Gasteiger partial charge in [0.15, 0.2) is 0 Å². The Balaban J connectivity index is 0.000000150. The van der Waals surface area contributed by atoms with Crippen LogP contribution in [-0.2, 0) is 19.2 Å². The fraction of sp³-hybridized carbons (Fsp3) is 0.107. The van der Waals surface area contributed by atoms with Gasteiger partial charge in [-0.15, -0.1) is 0 Å². The third kappa shape index (κ3) is 25.7. The second kappa shape index (κ2) is 43.5. The van der Waals surface area contributed by atoms with Gasteiger partial charge >= 0.3 is 23.9 Å². The molecule has 0 aliphatic rings. The fourth-order valence-electron chi connectivity index (χ4n) is 14.1. The molecule has 20 nitrogen and oxygen atoms in total. The first-order valence-electron chi connectivity index (χ1n) is 42.1. The fourth-order valence-corrected chi connectivity index (χ4v) is 14.1. The quantitative estimate of drug-likeness (QED) is 0.0158. The highest BCUT2D eigenvalue weighted by molar-refractivity contribution is 5.92. The summed E-state index contributed by atoms with van der Waals surface area (Å²) >= 11 is 0. The Morgan fingerprint density at radius 2 is 0.379 bits per heavy atom. The lowest BCUT2D eigenvalue weighted by molar-refractivity contribution is -0.136. The lowest BCUT2D eigenvalue weighted by Crippen LogP contribution is -2.16. The maximum Gasteiger partial charge on any atom is 0.318 e. The van der Waals surface area contributed by atoms with Crippen molar-refractivity contribution >= 4 is 116 Å².